The van der Waals surface area contributed by atoms with E-state index in [0.29, 0.717) is 5.56 Å². The molecular formula is C28H24N2O5P+. The molecule has 0 saturated carbocycles. The van der Waals surface area contributed by atoms with E-state index in [1.807, 2.05) is 103 Å². The minimum Gasteiger partial charge on any atom is -0.445 e. The highest BCUT2D eigenvalue weighted by Crippen LogP contribution is 2.37. The number of rotatable bonds is 6. The van der Waals surface area contributed by atoms with Gasteiger partial charge in [0.25, 0.3) is 0 Å². The summed E-state index contributed by atoms with van der Waals surface area (Å²) in [5.74, 6) is 0. The third kappa shape index (κ3) is 6.84. The first kappa shape index (κ1) is 26.3. The summed E-state index contributed by atoms with van der Waals surface area (Å²) in [6.07, 6.45) is -0.536. The highest BCUT2D eigenvalue weighted by molar-refractivity contribution is 7.30. The van der Waals surface area contributed by atoms with Gasteiger partial charge in [-0.05, 0) is 34.4 Å². The highest BCUT2D eigenvalue weighted by atomic mass is 31.1. The first-order valence-electron chi connectivity index (χ1n) is 10.9. The molecule has 0 atom stereocenters. The molecule has 0 fully saturated rings. The van der Waals surface area contributed by atoms with Crippen LogP contribution < -0.4 is 5.32 Å². The van der Waals surface area contributed by atoms with Gasteiger partial charge in [0.1, 0.15) is 12.1 Å². The number of ether oxygens (including phenoxy) is 1. The van der Waals surface area contributed by atoms with E-state index in [0.717, 1.165) is 22.3 Å². The van der Waals surface area contributed by atoms with E-state index in [2.05, 4.69) is 11.4 Å². The monoisotopic (exact) mass is 499 g/mol. The fourth-order valence-corrected chi connectivity index (χ4v) is 3.80. The third-order valence-electron chi connectivity index (χ3n) is 5.36. The number of benzene rings is 4. The van der Waals surface area contributed by atoms with Crippen LogP contribution in [0.25, 0.3) is 0 Å². The Hall–Kier alpha value is -4.34. The third-order valence-corrected chi connectivity index (χ3v) is 5.36. The maximum atomic E-state index is 13.1. The molecule has 3 N–H and O–H groups in total. The number of carbonyl (C=O) groups excluding carboxylic acids is 1. The summed E-state index contributed by atoms with van der Waals surface area (Å²) >= 11 is 0. The Morgan fingerprint density at radius 3 is 1.64 bits per heavy atom. The summed E-state index contributed by atoms with van der Waals surface area (Å²) in [5.41, 5.74) is 3.05. The molecule has 0 radical (unpaired) electrons. The van der Waals surface area contributed by atoms with Crippen molar-refractivity contribution in [1.82, 2.24) is 5.32 Å². The normalized spacial score (nSPS) is 10.2. The van der Waals surface area contributed by atoms with E-state index in [-0.39, 0.29) is 6.61 Å². The van der Waals surface area contributed by atoms with Crippen molar-refractivity contribution in [3.63, 3.8) is 0 Å². The number of nitrogens with one attached hydrogen (secondary N) is 1. The average Bonchev–Trinajstić information content (AvgIpc) is 2.92. The standard InChI is InChI=1S/C28H22N2O2.HO3P/c29-20-22-16-18-26(19-17-22)28(24-12-6-2-7-13-24,25-14-8-3-9-15-25)30-27(31)32-21-23-10-4-1-5-11-23;1-4(2)3/h1-19H,21H2,(H,30,31);(H-,1,2,3)/p+1. The first-order valence-corrected chi connectivity index (χ1v) is 12.1. The van der Waals surface area contributed by atoms with E-state index in [1.165, 1.54) is 0 Å². The molecule has 8 heteroatoms. The van der Waals surface area contributed by atoms with Gasteiger partial charge in [0, 0.05) is 4.57 Å². The molecular weight excluding hydrogens is 475 g/mol. The van der Waals surface area contributed by atoms with Crippen LogP contribution in [0.3, 0.4) is 0 Å². The molecule has 0 saturated heterocycles. The predicted octanol–water partition coefficient (Wildman–Crippen LogP) is 5.40. The average molecular weight is 499 g/mol. The zero-order valence-corrected chi connectivity index (χ0v) is 20.1. The number of nitriles is 1. The largest absolute Gasteiger partial charge is 0.692 e. The van der Waals surface area contributed by atoms with Gasteiger partial charge in [-0.2, -0.15) is 5.26 Å². The topological polar surface area (TPSA) is 120 Å². The lowest BCUT2D eigenvalue weighted by Gasteiger charge is -2.36. The number of hydrogen-bond donors (Lipinski definition) is 3. The van der Waals surface area contributed by atoms with Gasteiger partial charge < -0.3 is 10.1 Å². The van der Waals surface area contributed by atoms with E-state index in [1.54, 1.807) is 12.1 Å². The summed E-state index contributed by atoms with van der Waals surface area (Å²) in [6, 6.07) is 38.5. The molecule has 0 spiro atoms. The summed E-state index contributed by atoms with van der Waals surface area (Å²) < 4.78 is 14.3. The SMILES string of the molecule is N#Cc1ccc(C(NC(=O)OCc2ccccc2)(c2ccccc2)c2ccccc2)cc1.O=[P+](O)O. The maximum Gasteiger partial charge on any atom is 0.692 e. The van der Waals surface area contributed by atoms with Crippen LogP contribution >= 0.6 is 8.25 Å². The maximum absolute atomic E-state index is 13.1. The minimum absolute atomic E-state index is 0.166. The first-order chi connectivity index (χ1) is 17.5. The molecule has 0 heterocycles. The molecule has 0 aromatic heterocycles. The number of carbonyl (C=O) groups is 1. The summed E-state index contributed by atoms with van der Waals surface area (Å²) in [7, 11) is -2.87. The van der Waals surface area contributed by atoms with Crippen molar-refractivity contribution in [1.29, 1.82) is 5.26 Å². The van der Waals surface area contributed by atoms with Crippen molar-refractivity contribution in [3.05, 3.63) is 143 Å². The van der Waals surface area contributed by atoms with Gasteiger partial charge in [0.2, 0.25) is 0 Å². The van der Waals surface area contributed by atoms with Crippen molar-refractivity contribution >= 4 is 14.3 Å². The Bertz CT molecular complexity index is 1270. The van der Waals surface area contributed by atoms with Crippen LogP contribution in [0, 0.1) is 11.3 Å². The number of alkyl carbamates (subject to hydrolysis) is 1. The summed E-state index contributed by atoms with van der Waals surface area (Å²) in [4.78, 5) is 27.3. The van der Waals surface area contributed by atoms with Crippen molar-refractivity contribution in [2.45, 2.75) is 12.1 Å². The molecule has 180 valence electrons. The lowest BCUT2D eigenvalue weighted by atomic mass is 9.77. The lowest BCUT2D eigenvalue weighted by molar-refractivity contribution is 0.132. The smallest absolute Gasteiger partial charge is 0.445 e. The van der Waals surface area contributed by atoms with Crippen LogP contribution in [0.1, 0.15) is 27.8 Å². The fourth-order valence-electron chi connectivity index (χ4n) is 3.80. The molecule has 4 aromatic rings. The van der Waals surface area contributed by atoms with Crippen molar-refractivity contribution in [3.8, 4) is 6.07 Å². The number of nitrogens with zero attached hydrogens (tertiary/aromatic N) is 1. The fraction of sp³-hybridized carbons (Fsp3) is 0.0714. The minimum atomic E-state index is -2.87. The van der Waals surface area contributed by atoms with Gasteiger partial charge in [-0.25, -0.2) is 4.79 Å². The molecule has 0 aliphatic heterocycles. The van der Waals surface area contributed by atoms with E-state index >= 15 is 0 Å². The van der Waals surface area contributed by atoms with Crippen LogP contribution in [-0.4, -0.2) is 15.9 Å². The molecule has 4 rings (SSSR count). The molecule has 4 aromatic carbocycles. The Morgan fingerprint density at radius 2 is 1.19 bits per heavy atom. The van der Waals surface area contributed by atoms with Crippen LogP contribution in [-0.2, 0) is 21.4 Å². The van der Waals surface area contributed by atoms with Gasteiger partial charge in [0.05, 0.1) is 11.6 Å². The Balaban J connectivity index is 0.000000840. The van der Waals surface area contributed by atoms with E-state index in [9.17, 15) is 10.1 Å². The molecule has 0 aliphatic carbocycles. The molecule has 1 amide bonds. The van der Waals surface area contributed by atoms with Crippen LogP contribution in [0.2, 0.25) is 0 Å². The van der Waals surface area contributed by atoms with Crippen LogP contribution in [0.5, 0.6) is 0 Å². The van der Waals surface area contributed by atoms with Gasteiger partial charge in [-0.3, -0.25) is 0 Å². The Kier molecular flexibility index (Phi) is 9.44. The number of amides is 1. The Labute approximate surface area is 210 Å². The molecule has 7 nitrogen and oxygen atoms in total. The van der Waals surface area contributed by atoms with Gasteiger partial charge >= 0.3 is 14.3 Å². The number of hydrogen-bond acceptors (Lipinski definition) is 4. The van der Waals surface area contributed by atoms with Gasteiger partial charge in [-0.1, -0.05) is 103 Å². The predicted molar refractivity (Wildman–Crippen MR) is 136 cm³/mol. The zero-order valence-electron chi connectivity index (χ0n) is 19.2. The zero-order chi connectivity index (χ0) is 25.8. The lowest BCUT2D eigenvalue weighted by Crippen LogP contribution is -2.48. The molecule has 36 heavy (non-hydrogen) atoms. The van der Waals surface area contributed by atoms with Gasteiger partial charge in [0.15, 0.2) is 0 Å². The second-order valence-corrected chi connectivity index (χ2v) is 8.12. The van der Waals surface area contributed by atoms with E-state index in [4.69, 9.17) is 19.1 Å². The highest BCUT2D eigenvalue weighted by Gasteiger charge is 2.38. The Morgan fingerprint density at radius 1 is 0.778 bits per heavy atom. The second kappa shape index (κ2) is 12.9. The van der Waals surface area contributed by atoms with Gasteiger partial charge in [-0.15, -0.1) is 9.79 Å². The quantitative estimate of drug-likeness (QED) is 0.241. The second-order valence-electron chi connectivity index (χ2n) is 7.61. The molecule has 0 unspecified atom stereocenters. The summed E-state index contributed by atoms with van der Waals surface area (Å²) in [5, 5.41) is 12.4. The van der Waals surface area contributed by atoms with E-state index < -0.39 is 19.9 Å². The van der Waals surface area contributed by atoms with Crippen molar-refractivity contribution in [2.75, 3.05) is 0 Å². The van der Waals surface area contributed by atoms with Crippen molar-refractivity contribution < 1.29 is 23.9 Å². The molecule has 0 bridgehead atoms. The van der Waals surface area contributed by atoms with Crippen LogP contribution in [0.15, 0.2) is 115 Å². The van der Waals surface area contributed by atoms with Crippen LogP contribution in [0.4, 0.5) is 4.79 Å². The summed E-state index contributed by atoms with van der Waals surface area (Å²) in [6.45, 7) is 0.166. The molecule has 0 aliphatic rings. The van der Waals surface area contributed by atoms with Crippen molar-refractivity contribution in [2.24, 2.45) is 0 Å².